The molecule has 6 rings (SSSR count). The molecule has 1 N–H and O–H groups in total. The maximum Gasteiger partial charge on any atom is 0.255 e. The van der Waals surface area contributed by atoms with Crippen molar-refractivity contribution in [1.82, 2.24) is 24.7 Å². The van der Waals surface area contributed by atoms with Crippen LogP contribution in [0.5, 0.6) is 0 Å². The molecule has 3 aliphatic heterocycles. The van der Waals surface area contributed by atoms with Gasteiger partial charge in [0, 0.05) is 63.0 Å². The van der Waals surface area contributed by atoms with Crippen molar-refractivity contribution in [2.24, 2.45) is 7.05 Å². The van der Waals surface area contributed by atoms with E-state index in [1.54, 1.807) is 0 Å². The molecule has 2 fully saturated rings. The lowest BCUT2D eigenvalue weighted by Crippen LogP contribution is -2.52. The number of piperidine rings is 1. The fourth-order valence-electron chi connectivity index (χ4n) is 5.57. The molecule has 10 heteroatoms. The summed E-state index contributed by atoms with van der Waals surface area (Å²) in [6.45, 7) is 3.88. The van der Waals surface area contributed by atoms with Crippen LogP contribution in [0.3, 0.4) is 0 Å². The SMILES string of the molecule is Cn1c(CN2CCN(c3cc(F)cc4c3CN(C3CCC(=O)NC3=O)C4=O)CC2)nc2ccccc21. The van der Waals surface area contributed by atoms with Gasteiger partial charge in [-0.15, -0.1) is 0 Å². The maximum absolute atomic E-state index is 14.6. The van der Waals surface area contributed by atoms with Crippen LogP contribution in [0.25, 0.3) is 11.0 Å². The molecule has 36 heavy (non-hydrogen) atoms. The van der Waals surface area contributed by atoms with Gasteiger partial charge in [-0.1, -0.05) is 12.1 Å². The molecule has 3 aliphatic rings. The van der Waals surface area contributed by atoms with Crippen molar-refractivity contribution in [3.63, 3.8) is 0 Å². The molecule has 3 amide bonds. The number of aryl methyl sites for hydroxylation is 1. The van der Waals surface area contributed by atoms with Crippen LogP contribution in [0.4, 0.5) is 10.1 Å². The van der Waals surface area contributed by atoms with Gasteiger partial charge in [0.25, 0.3) is 5.91 Å². The Morgan fingerprint density at radius 2 is 1.86 bits per heavy atom. The average molecular weight is 491 g/mol. The second kappa shape index (κ2) is 8.70. The Morgan fingerprint density at radius 3 is 2.61 bits per heavy atom. The van der Waals surface area contributed by atoms with Crippen LogP contribution in [0, 0.1) is 5.82 Å². The van der Waals surface area contributed by atoms with E-state index in [1.807, 2.05) is 25.2 Å². The van der Waals surface area contributed by atoms with E-state index in [9.17, 15) is 18.8 Å². The van der Waals surface area contributed by atoms with E-state index in [0.717, 1.165) is 42.1 Å². The summed E-state index contributed by atoms with van der Waals surface area (Å²) in [5.74, 6) is -0.625. The zero-order chi connectivity index (χ0) is 25.0. The summed E-state index contributed by atoms with van der Waals surface area (Å²) >= 11 is 0. The molecule has 2 saturated heterocycles. The Bertz CT molecular complexity index is 1390. The van der Waals surface area contributed by atoms with Crippen molar-refractivity contribution in [3.05, 3.63) is 59.2 Å². The van der Waals surface area contributed by atoms with Crippen molar-refractivity contribution in [2.45, 2.75) is 32.0 Å². The van der Waals surface area contributed by atoms with E-state index >= 15 is 0 Å². The Labute approximate surface area is 207 Å². The van der Waals surface area contributed by atoms with Gasteiger partial charge in [-0.25, -0.2) is 9.37 Å². The standard InChI is InChI=1S/C26H27FN6O3/c1-30-20-5-3-2-4-19(20)28-23(30)15-31-8-10-32(11-9-31)22-13-16(27)12-17-18(22)14-33(26(17)36)21-6-7-24(34)29-25(21)35/h2-5,12-13,21H,6-11,14-15H2,1H3,(H,29,34,35). The minimum Gasteiger partial charge on any atom is -0.369 e. The molecular formula is C26H27FN6O3. The van der Waals surface area contributed by atoms with Gasteiger partial charge < -0.3 is 14.4 Å². The van der Waals surface area contributed by atoms with E-state index in [0.29, 0.717) is 24.3 Å². The number of nitrogens with one attached hydrogen (secondary N) is 1. The number of anilines is 1. The number of para-hydroxylation sites is 2. The number of benzene rings is 2. The van der Waals surface area contributed by atoms with Crippen LogP contribution in [-0.2, 0) is 29.7 Å². The topological polar surface area (TPSA) is 90.8 Å². The Hall–Kier alpha value is -3.79. The number of hydrogen-bond acceptors (Lipinski definition) is 6. The predicted octanol–water partition coefficient (Wildman–Crippen LogP) is 1.80. The lowest BCUT2D eigenvalue weighted by molar-refractivity contribution is -0.136. The van der Waals surface area contributed by atoms with E-state index in [1.165, 1.54) is 17.0 Å². The summed E-state index contributed by atoms with van der Waals surface area (Å²) in [7, 11) is 2.03. The Kier molecular flexibility index (Phi) is 5.48. The van der Waals surface area contributed by atoms with Crippen molar-refractivity contribution in [1.29, 1.82) is 0 Å². The fraction of sp³-hybridized carbons (Fsp3) is 0.385. The third-order valence-corrected chi connectivity index (χ3v) is 7.55. The minimum atomic E-state index is -0.719. The van der Waals surface area contributed by atoms with Gasteiger partial charge in [0.2, 0.25) is 11.8 Å². The lowest BCUT2D eigenvalue weighted by Gasteiger charge is -2.37. The van der Waals surface area contributed by atoms with Gasteiger partial charge in [0.05, 0.1) is 17.6 Å². The number of amides is 3. The van der Waals surface area contributed by atoms with Crippen LogP contribution in [0.1, 0.15) is 34.6 Å². The smallest absolute Gasteiger partial charge is 0.255 e. The predicted molar refractivity (Wildman–Crippen MR) is 131 cm³/mol. The summed E-state index contributed by atoms with van der Waals surface area (Å²) in [5.41, 5.74) is 3.84. The van der Waals surface area contributed by atoms with Crippen molar-refractivity contribution in [2.75, 3.05) is 31.1 Å². The third-order valence-electron chi connectivity index (χ3n) is 7.55. The van der Waals surface area contributed by atoms with E-state index in [-0.39, 0.29) is 31.2 Å². The third kappa shape index (κ3) is 3.81. The quantitative estimate of drug-likeness (QED) is 0.561. The lowest BCUT2D eigenvalue weighted by atomic mass is 10.0. The highest BCUT2D eigenvalue weighted by atomic mass is 19.1. The fourth-order valence-corrected chi connectivity index (χ4v) is 5.57. The molecule has 186 valence electrons. The number of carbonyl (C=O) groups is 3. The van der Waals surface area contributed by atoms with Gasteiger partial charge in [-0.2, -0.15) is 0 Å². The summed E-state index contributed by atoms with van der Waals surface area (Å²) in [6.07, 6.45) is 0.467. The summed E-state index contributed by atoms with van der Waals surface area (Å²) in [4.78, 5) is 47.8. The normalized spacial score (nSPS) is 20.8. The monoisotopic (exact) mass is 490 g/mol. The number of nitrogens with zero attached hydrogens (tertiary/aromatic N) is 5. The number of rotatable bonds is 4. The van der Waals surface area contributed by atoms with Crippen LogP contribution < -0.4 is 10.2 Å². The molecule has 0 bridgehead atoms. The number of imidazole rings is 1. The number of piperazine rings is 1. The molecule has 1 unspecified atom stereocenters. The molecule has 1 atom stereocenters. The van der Waals surface area contributed by atoms with Gasteiger partial charge in [-0.3, -0.25) is 24.6 Å². The number of carbonyl (C=O) groups excluding carboxylic acids is 3. The Balaban J connectivity index is 1.18. The van der Waals surface area contributed by atoms with Crippen LogP contribution in [0.2, 0.25) is 0 Å². The van der Waals surface area contributed by atoms with Gasteiger partial charge in [0.1, 0.15) is 17.7 Å². The van der Waals surface area contributed by atoms with Crippen LogP contribution in [0.15, 0.2) is 36.4 Å². The largest absolute Gasteiger partial charge is 0.369 e. The minimum absolute atomic E-state index is 0.186. The number of aromatic nitrogens is 2. The highest BCUT2D eigenvalue weighted by molar-refractivity contribution is 6.06. The molecule has 4 heterocycles. The zero-order valence-electron chi connectivity index (χ0n) is 20.0. The molecule has 0 aliphatic carbocycles. The van der Waals surface area contributed by atoms with E-state index in [2.05, 4.69) is 25.8 Å². The second-order valence-electron chi connectivity index (χ2n) is 9.69. The molecule has 1 aromatic heterocycles. The number of imide groups is 1. The van der Waals surface area contributed by atoms with Gasteiger partial charge >= 0.3 is 0 Å². The molecule has 3 aromatic rings. The maximum atomic E-state index is 14.6. The highest BCUT2D eigenvalue weighted by Crippen LogP contribution is 2.35. The summed E-state index contributed by atoms with van der Waals surface area (Å²) in [5, 5.41) is 2.31. The molecule has 0 radical (unpaired) electrons. The van der Waals surface area contributed by atoms with E-state index in [4.69, 9.17) is 4.98 Å². The molecule has 0 saturated carbocycles. The molecule has 2 aromatic carbocycles. The van der Waals surface area contributed by atoms with Gasteiger partial charge in [-0.05, 0) is 30.7 Å². The van der Waals surface area contributed by atoms with Crippen LogP contribution >= 0.6 is 0 Å². The zero-order valence-corrected chi connectivity index (χ0v) is 20.0. The van der Waals surface area contributed by atoms with Crippen molar-refractivity contribution < 1.29 is 18.8 Å². The summed E-state index contributed by atoms with van der Waals surface area (Å²) in [6, 6.07) is 10.1. The number of fused-ring (bicyclic) bond motifs is 2. The molecule has 9 nitrogen and oxygen atoms in total. The van der Waals surface area contributed by atoms with E-state index < -0.39 is 17.8 Å². The second-order valence-corrected chi connectivity index (χ2v) is 9.69. The summed E-state index contributed by atoms with van der Waals surface area (Å²) < 4.78 is 16.7. The number of hydrogen-bond donors (Lipinski definition) is 1. The Morgan fingerprint density at radius 1 is 1.08 bits per heavy atom. The first kappa shape index (κ1) is 22.7. The average Bonchev–Trinajstić information content (AvgIpc) is 3.36. The first-order chi connectivity index (χ1) is 17.4. The molecular weight excluding hydrogens is 463 g/mol. The first-order valence-electron chi connectivity index (χ1n) is 12.2. The molecule has 0 spiro atoms. The van der Waals surface area contributed by atoms with Gasteiger partial charge in [0.15, 0.2) is 0 Å². The van der Waals surface area contributed by atoms with Crippen LogP contribution in [-0.4, -0.2) is 69.3 Å². The van der Waals surface area contributed by atoms with Crippen molar-refractivity contribution in [3.8, 4) is 0 Å². The number of halogens is 1. The first-order valence-corrected chi connectivity index (χ1v) is 12.2. The van der Waals surface area contributed by atoms with Crippen molar-refractivity contribution >= 4 is 34.4 Å². The highest BCUT2D eigenvalue weighted by Gasteiger charge is 2.41.